The average molecular weight is 330 g/mol. The lowest BCUT2D eigenvalue weighted by Crippen LogP contribution is -2.18. The summed E-state index contributed by atoms with van der Waals surface area (Å²) in [5.74, 6) is 0. The summed E-state index contributed by atoms with van der Waals surface area (Å²) in [6.45, 7) is 12.1. The molecule has 0 radical (unpaired) electrons. The van der Waals surface area contributed by atoms with Crippen molar-refractivity contribution in [3.63, 3.8) is 0 Å². The molecule has 0 aromatic heterocycles. The molecule has 0 N–H and O–H groups in total. The monoisotopic (exact) mass is 329 g/mol. The molecule has 0 nitrogen and oxygen atoms in total. The molecule has 134 valence electrons. The van der Waals surface area contributed by atoms with Crippen LogP contribution in [0.25, 0.3) is 0 Å². The molecular weight excluding hydrogens is 283 g/mol. The van der Waals surface area contributed by atoms with E-state index < -0.39 is 7.26 Å². The van der Waals surface area contributed by atoms with E-state index in [0.717, 1.165) is 5.66 Å². The van der Waals surface area contributed by atoms with Crippen LogP contribution in [0, 0.1) is 0 Å². The van der Waals surface area contributed by atoms with Crippen molar-refractivity contribution in [2.75, 3.05) is 18.5 Å². The third-order valence-electron chi connectivity index (χ3n) is 5.47. The summed E-state index contributed by atoms with van der Waals surface area (Å²) < 4.78 is 0. The predicted octanol–water partition coefficient (Wildman–Crippen LogP) is 8.15. The maximum absolute atomic E-state index is 2.55. The summed E-state index contributed by atoms with van der Waals surface area (Å²) >= 11 is 0. The molecule has 0 unspecified atom stereocenters. The summed E-state index contributed by atoms with van der Waals surface area (Å²) in [6, 6.07) is 0. The molecule has 0 spiro atoms. The second-order valence-electron chi connectivity index (χ2n) is 7.67. The second kappa shape index (κ2) is 15.0. The maximum atomic E-state index is 2.55. The molecule has 0 heterocycles. The first-order chi connectivity index (χ1) is 10.6. The Kier molecular flexibility index (Phi) is 15.3. The van der Waals surface area contributed by atoms with Gasteiger partial charge in [-0.25, -0.2) is 0 Å². The Morgan fingerprint density at radius 3 is 1.05 bits per heavy atom. The van der Waals surface area contributed by atoms with E-state index in [0.29, 0.717) is 0 Å². The summed E-state index contributed by atoms with van der Waals surface area (Å²) in [4.78, 5) is 0. The first-order valence-corrected chi connectivity index (χ1v) is 12.9. The van der Waals surface area contributed by atoms with Crippen LogP contribution < -0.4 is 0 Å². The van der Waals surface area contributed by atoms with Gasteiger partial charge in [0.2, 0.25) is 0 Å². The van der Waals surface area contributed by atoms with Crippen LogP contribution >= 0.6 is 7.26 Å². The molecule has 1 heteroatoms. The van der Waals surface area contributed by atoms with Crippen molar-refractivity contribution < 1.29 is 0 Å². The highest BCUT2D eigenvalue weighted by Gasteiger charge is 2.38. The van der Waals surface area contributed by atoms with Gasteiger partial charge in [-0.15, -0.1) is 0 Å². The smallest absolute Gasteiger partial charge is 0.0641 e. The van der Waals surface area contributed by atoms with Crippen LogP contribution in [0.5, 0.6) is 0 Å². The van der Waals surface area contributed by atoms with E-state index in [1.165, 1.54) is 77.0 Å². The number of hydrogen-bond donors (Lipinski definition) is 0. The highest BCUT2D eigenvalue weighted by Crippen LogP contribution is 2.64. The Morgan fingerprint density at radius 1 is 0.500 bits per heavy atom. The first kappa shape index (κ1) is 22.4. The van der Waals surface area contributed by atoms with Crippen molar-refractivity contribution in [2.24, 2.45) is 0 Å². The van der Waals surface area contributed by atoms with Gasteiger partial charge in [-0.2, -0.15) is 0 Å². The van der Waals surface area contributed by atoms with Gasteiger partial charge in [0.25, 0.3) is 0 Å². The van der Waals surface area contributed by atoms with Gasteiger partial charge in [-0.3, -0.25) is 0 Å². The first-order valence-electron chi connectivity index (χ1n) is 10.5. The molecule has 0 fully saturated rings. The molecule has 0 aliphatic rings. The topological polar surface area (TPSA) is 0 Å². The molecule has 0 aliphatic carbocycles. The highest BCUT2D eigenvalue weighted by molar-refractivity contribution is 7.76. The third-order valence-corrected chi connectivity index (χ3v) is 11.3. The lowest BCUT2D eigenvalue weighted by atomic mass is 10.2. The molecule has 0 aromatic rings. The quantitative estimate of drug-likeness (QED) is 0.198. The van der Waals surface area contributed by atoms with Crippen LogP contribution in [0.15, 0.2) is 0 Å². The molecule has 0 atom stereocenters. The number of rotatable bonds is 16. The Bertz CT molecular complexity index is 191. The zero-order chi connectivity index (χ0) is 16.7. The van der Waals surface area contributed by atoms with E-state index in [2.05, 4.69) is 34.6 Å². The van der Waals surface area contributed by atoms with Crippen LogP contribution in [0.4, 0.5) is 0 Å². The van der Waals surface area contributed by atoms with Crippen molar-refractivity contribution in [3.05, 3.63) is 0 Å². The third kappa shape index (κ3) is 10.3. The van der Waals surface area contributed by atoms with Gasteiger partial charge in [0.15, 0.2) is 0 Å². The van der Waals surface area contributed by atoms with Crippen LogP contribution in [0.3, 0.4) is 0 Å². The van der Waals surface area contributed by atoms with Crippen LogP contribution in [0.2, 0.25) is 0 Å². The van der Waals surface area contributed by atoms with E-state index in [-0.39, 0.29) is 0 Å². The van der Waals surface area contributed by atoms with Gasteiger partial charge in [-0.1, -0.05) is 59.3 Å². The minimum Gasteiger partial charge on any atom is -0.0654 e. The number of hydrogen-bond acceptors (Lipinski definition) is 0. The standard InChI is InChI=1S/C21H46P/c1-6-9-12-15-18-22(21(4)5,19-16-13-10-7-2)20-17-14-11-8-3/h21H,6-20H2,1-5H3/q+1. The van der Waals surface area contributed by atoms with E-state index in [9.17, 15) is 0 Å². The van der Waals surface area contributed by atoms with Gasteiger partial charge < -0.3 is 0 Å². The number of unbranched alkanes of at least 4 members (excludes halogenated alkanes) is 9. The van der Waals surface area contributed by atoms with Crippen molar-refractivity contribution in [1.82, 2.24) is 0 Å². The Balaban J connectivity index is 4.48. The van der Waals surface area contributed by atoms with Crippen molar-refractivity contribution in [3.8, 4) is 0 Å². The van der Waals surface area contributed by atoms with Crippen molar-refractivity contribution >= 4 is 7.26 Å². The lowest BCUT2D eigenvalue weighted by molar-refractivity contribution is 0.679. The second-order valence-corrected chi connectivity index (χ2v) is 12.5. The summed E-state index contributed by atoms with van der Waals surface area (Å²) in [6.07, 6.45) is 22.3. The molecule has 0 aliphatic heterocycles. The van der Waals surface area contributed by atoms with Crippen molar-refractivity contribution in [1.29, 1.82) is 0 Å². The lowest BCUT2D eigenvalue weighted by Gasteiger charge is -2.32. The fraction of sp³-hybridized carbons (Fsp3) is 1.00. The van der Waals surface area contributed by atoms with Gasteiger partial charge in [-0.05, 0) is 52.4 Å². The average Bonchev–Trinajstić information content (AvgIpc) is 2.51. The van der Waals surface area contributed by atoms with Crippen LogP contribution in [-0.4, -0.2) is 24.1 Å². The SMILES string of the molecule is CCCCCC[P+](CCCCCC)(CCCCCC)C(C)C. The zero-order valence-electron chi connectivity index (χ0n) is 16.6. The van der Waals surface area contributed by atoms with Gasteiger partial charge in [0.05, 0.1) is 24.1 Å². The molecule has 0 saturated heterocycles. The maximum Gasteiger partial charge on any atom is 0.0641 e. The summed E-state index contributed by atoms with van der Waals surface area (Å²) in [5, 5.41) is 0. The summed E-state index contributed by atoms with van der Waals surface area (Å²) in [5.41, 5.74) is 0.970. The van der Waals surface area contributed by atoms with E-state index >= 15 is 0 Å². The van der Waals surface area contributed by atoms with Gasteiger partial charge >= 0.3 is 0 Å². The van der Waals surface area contributed by atoms with E-state index in [1.807, 2.05) is 0 Å². The minimum absolute atomic E-state index is 0.689. The normalized spacial score (nSPS) is 12.3. The minimum atomic E-state index is -0.689. The summed E-state index contributed by atoms with van der Waals surface area (Å²) in [7, 11) is -0.689. The Labute approximate surface area is 143 Å². The molecule has 0 rings (SSSR count). The molecular formula is C21H46P+. The molecule has 0 aromatic carbocycles. The highest BCUT2D eigenvalue weighted by atomic mass is 31.2. The molecule has 0 amide bonds. The fourth-order valence-corrected chi connectivity index (χ4v) is 8.45. The Morgan fingerprint density at radius 2 is 0.818 bits per heavy atom. The zero-order valence-corrected chi connectivity index (χ0v) is 17.5. The van der Waals surface area contributed by atoms with Crippen LogP contribution in [-0.2, 0) is 0 Å². The van der Waals surface area contributed by atoms with E-state index in [1.54, 1.807) is 18.5 Å². The van der Waals surface area contributed by atoms with Crippen molar-refractivity contribution in [2.45, 2.75) is 117 Å². The molecule has 22 heavy (non-hydrogen) atoms. The largest absolute Gasteiger partial charge is 0.0654 e. The molecule has 0 bridgehead atoms. The Hall–Kier alpha value is 0.430. The molecule has 0 saturated carbocycles. The van der Waals surface area contributed by atoms with Crippen LogP contribution in [0.1, 0.15) is 112 Å². The van der Waals surface area contributed by atoms with E-state index in [4.69, 9.17) is 0 Å². The van der Waals surface area contributed by atoms with Gasteiger partial charge in [0, 0.05) is 7.26 Å². The predicted molar refractivity (Wildman–Crippen MR) is 109 cm³/mol. The fourth-order valence-electron chi connectivity index (χ4n) is 3.67. The van der Waals surface area contributed by atoms with Gasteiger partial charge in [0.1, 0.15) is 0 Å².